The maximum absolute atomic E-state index is 12.3. The van der Waals surface area contributed by atoms with Crippen LogP contribution in [0, 0.1) is 20.2 Å². The number of rotatable bonds is 4. The molecule has 0 amide bonds. The second-order valence-corrected chi connectivity index (χ2v) is 5.44. The van der Waals surface area contributed by atoms with Gasteiger partial charge >= 0.3 is 11.6 Å². The maximum atomic E-state index is 12.3. The molecule has 1 N–H and O–H groups in total. The first-order valence-corrected chi connectivity index (χ1v) is 6.51. The third-order valence-corrected chi connectivity index (χ3v) is 4.17. The molecule has 104 valence electrons. The number of nitrogens with one attached hydrogen (secondary N) is 1. The Morgan fingerprint density at radius 2 is 1.65 bits per heavy atom. The van der Waals surface area contributed by atoms with E-state index in [-0.39, 0.29) is 4.90 Å². The second kappa shape index (κ2) is 4.70. The molecule has 0 spiro atoms. The smallest absolute Gasteiger partial charge is 0.358 e. The van der Waals surface area contributed by atoms with Crippen molar-refractivity contribution < 1.29 is 18.3 Å². The lowest BCUT2D eigenvalue weighted by Gasteiger charge is -2.01. The number of sulfone groups is 1. The second-order valence-electron chi connectivity index (χ2n) is 3.56. The average molecular weight is 298 g/mol. The molecule has 0 bridgehead atoms. The van der Waals surface area contributed by atoms with Crippen molar-refractivity contribution in [1.82, 2.24) is 10.2 Å². The predicted octanol–water partition coefficient (Wildman–Crippen LogP) is 1.06. The van der Waals surface area contributed by atoms with Gasteiger partial charge in [0.2, 0.25) is 9.84 Å². The molecule has 2 rings (SSSR count). The summed E-state index contributed by atoms with van der Waals surface area (Å²) < 4.78 is 24.6. The van der Waals surface area contributed by atoms with E-state index in [9.17, 15) is 28.6 Å². The van der Waals surface area contributed by atoms with Crippen molar-refractivity contribution in [2.24, 2.45) is 0 Å². The van der Waals surface area contributed by atoms with Crippen LogP contribution >= 0.6 is 0 Å². The number of nitro groups is 2. The molecule has 20 heavy (non-hydrogen) atoms. The highest BCUT2D eigenvalue weighted by Gasteiger charge is 2.41. The van der Waals surface area contributed by atoms with Gasteiger partial charge in [0.25, 0.3) is 4.90 Å². The Labute approximate surface area is 111 Å². The SMILES string of the molecule is O=[N+]([O-])c1n[nH]c([N+](=O)[O-])c1S(=O)(=O)c1ccccc1. The topological polar surface area (TPSA) is 149 Å². The van der Waals surface area contributed by atoms with Gasteiger partial charge in [-0.25, -0.2) is 8.42 Å². The number of hydrogen-bond acceptors (Lipinski definition) is 7. The summed E-state index contributed by atoms with van der Waals surface area (Å²) >= 11 is 0. The molecule has 10 nitrogen and oxygen atoms in total. The largest absolute Gasteiger partial charge is 0.439 e. The molecule has 1 aromatic carbocycles. The van der Waals surface area contributed by atoms with E-state index in [1.54, 1.807) is 5.10 Å². The van der Waals surface area contributed by atoms with Gasteiger partial charge in [-0.1, -0.05) is 18.2 Å². The Kier molecular flexibility index (Phi) is 3.19. The fourth-order valence-electron chi connectivity index (χ4n) is 1.53. The molecule has 0 unspecified atom stereocenters. The third kappa shape index (κ3) is 2.09. The first-order valence-electron chi connectivity index (χ1n) is 5.03. The fourth-order valence-corrected chi connectivity index (χ4v) is 3.01. The molecule has 0 fully saturated rings. The normalized spacial score (nSPS) is 11.2. The molecule has 11 heteroatoms. The highest BCUT2D eigenvalue weighted by molar-refractivity contribution is 7.91. The number of H-pyrrole nitrogens is 1. The van der Waals surface area contributed by atoms with Crippen molar-refractivity contribution in [1.29, 1.82) is 0 Å². The van der Waals surface area contributed by atoms with Crippen LogP contribution in [0.5, 0.6) is 0 Å². The number of aromatic nitrogens is 2. The fraction of sp³-hybridized carbons (Fsp3) is 0. The Balaban J connectivity index is 2.77. The summed E-state index contributed by atoms with van der Waals surface area (Å²) in [5.41, 5.74) is 0. The van der Waals surface area contributed by atoms with Crippen LogP contribution < -0.4 is 0 Å². The van der Waals surface area contributed by atoms with Crippen molar-refractivity contribution in [3.63, 3.8) is 0 Å². The zero-order valence-corrected chi connectivity index (χ0v) is 10.4. The standard InChI is InChI=1S/C9H6N4O6S/c14-12(15)8-7(9(11-10-8)13(16)17)20(18,19)6-4-2-1-3-5-6/h1-5H,(H,10,11). The van der Waals surface area contributed by atoms with Crippen molar-refractivity contribution >= 4 is 21.5 Å². The van der Waals surface area contributed by atoms with E-state index in [0.717, 1.165) is 0 Å². The Hall–Kier alpha value is -2.82. The minimum atomic E-state index is -4.42. The highest BCUT2D eigenvalue weighted by atomic mass is 32.2. The molecule has 0 saturated carbocycles. The van der Waals surface area contributed by atoms with Gasteiger partial charge in [0.15, 0.2) is 0 Å². The summed E-state index contributed by atoms with van der Waals surface area (Å²) in [4.78, 5) is 18.0. The summed E-state index contributed by atoms with van der Waals surface area (Å²) in [6.07, 6.45) is 0. The quantitative estimate of drug-likeness (QED) is 0.654. The molecular formula is C9H6N4O6S. The first-order chi connectivity index (χ1) is 9.35. The minimum absolute atomic E-state index is 0.299. The molecule has 0 aliphatic carbocycles. The van der Waals surface area contributed by atoms with Crippen LogP contribution in [0.4, 0.5) is 11.6 Å². The minimum Gasteiger partial charge on any atom is -0.358 e. The zero-order chi connectivity index (χ0) is 14.9. The monoisotopic (exact) mass is 298 g/mol. The van der Waals surface area contributed by atoms with E-state index >= 15 is 0 Å². The summed E-state index contributed by atoms with van der Waals surface area (Å²) in [6.45, 7) is 0. The van der Waals surface area contributed by atoms with Crippen LogP contribution in [0.2, 0.25) is 0 Å². The average Bonchev–Trinajstić information content (AvgIpc) is 2.85. The summed E-state index contributed by atoms with van der Waals surface area (Å²) in [7, 11) is -4.42. The molecule has 1 heterocycles. The van der Waals surface area contributed by atoms with E-state index in [0.29, 0.717) is 0 Å². The Morgan fingerprint density at radius 3 is 2.15 bits per heavy atom. The lowest BCUT2D eigenvalue weighted by Crippen LogP contribution is -2.06. The van der Waals surface area contributed by atoms with Gasteiger partial charge in [-0.3, -0.25) is 0 Å². The van der Waals surface area contributed by atoms with Gasteiger partial charge in [0.05, 0.1) is 4.90 Å². The van der Waals surface area contributed by atoms with Gasteiger partial charge in [-0.2, -0.15) is 0 Å². The van der Waals surface area contributed by atoms with E-state index < -0.39 is 36.2 Å². The molecule has 0 aliphatic heterocycles. The molecular weight excluding hydrogens is 292 g/mol. The van der Waals surface area contributed by atoms with Crippen LogP contribution in [-0.2, 0) is 9.84 Å². The maximum Gasteiger partial charge on any atom is 0.439 e. The van der Waals surface area contributed by atoms with Crippen molar-refractivity contribution in [3.8, 4) is 0 Å². The zero-order valence-electron chi connectivity index (χ0n) is 9.59. The van der Waals surface area contributed by atoms with Gasteiger partial charge in [-0.05, 0) is 27.1 Å². The van der Waals surface area contributed by atoms with Crippen LogP contribution in [0.25, 0.3) is 0 Å². The van der Waals surface area contributed by atoms with Crippen LogP contribution in [0.3, 0.4) is 0 Å². The van der Waals surface area contributed by atoms with Crippen LogP contribution in [0.1, 0.15) is 0 Å². The molecule has 0 atom stereocenters. The van der Waals surface area contributed by atoms with E-state index in [4.69, 9.17) is 0 Å². The summed E-state index contributed by atoms with van der Waals surface area (Å²) in [5.74, 6) is -2.15. The molecule has 2 aromatic rings. The van der Waals surface area contributed by atoms with Gasteiger partial charge in [0, 0.05) is 0 Å². The van der Waals surface area contributed by atoms with Crippen molar-refractivity contribution in [3.05, 3.63) is 50.6 Å². The van der Waals surface area contributed by atoms with E-state index in [2.05, 4.69) is 5.10 Å². The first kappa shape index (κ1) is 13.6. The van der Waals surface area contributed by atoms with Crippen molar-refractivity contribution in [2.45, 2.75) is 9.79 Å². The van der Waals surface area contributed by atoms with E-state index in [1.807, 2.05) is 0 Å². The van der Waals surface area contributed by atoms with Gasteiger partial charge in [0.1, 0.15) is 5.10 Å². The number of aromatic amines is 1. The molecule has 0 aliphatic rings. The van der Waals surface area contributed by atoms with Crippen LogP contribution in [0.15, 0.2) is 40.1 Å². The summed E-state index contributed by atoms with van der Waals surface area (Å²) in [6, 6.07) is 6.68. The lowest BCUT2D eigenvalue weighted by atomic mass is 10.4. The predicted molar refractivity (Wildman–Crippen MR) is 63.8 cm³/mol. The Bertz CT molecular complexity index is 751. The van der Waals surface area contributed by atoms with Gasteiger partial charge < -0.3 is 20.2 Å². The molecule has 0 radical (unpaired) electrons. The lowest BCUT2D eigenvalue weighted by molar-refractivity contribution is -0.399. The molecule has 0 saturated heterocycles. The van der Waals surface area contributed by atoms with E-state index in [1.165, 1.54) is 30.3 Å². The van der Waals surface area contributed by atoms with Crippen molar-refractivity contribution in [2.75, 3.05) is 0 Å². The summed E-state index contributed by atoms with van der Waals surface area (Å²) in [5, 5.41) is 26.4. The third-order valence-electron chi connectivity index (χ3n) is 2.36. The van der Waals surface area contributed by atoms with Crippen LogP contribution in [-0.4, -0.2) is 28.5 Å². The highest BCUT2D eigenvalue weighted by Crippen LogP contribution is 2.34. The number of hydrogen-bond donors (Lipinski definition) is 1. The molecule has 1 aromatic heterocycles. The number of benzene rings is 1. The van der Waals surface area contributed by atoms with Gasteiger partial charge in [-0.15, -0.1) is 0 Å². The number of nitrogens with zero attached hydrogens (tertiary/aromatic N) is 3. The Morgan fingerprint density at radius 1 is 1.05 bits per heavy atom.